The maximum absolute atomic E-state index is 11.1. The van der Waals surface area contributed by atoms with E-state index in [4.69, 9.17) is 9.47 Å². The normalized spacial score (nSPS) is 14.1. The van der Waals surface area contributed by atoms with Gasteiger partial charge in [-0.25, -0.2) is 4.79 Å². The highest BCUT2D eigenvalue weighted by Gasteiger charge is 2.07. The van der Waals surface area contributed by atoms with Gasteiger partial charge >= 0.3 is 5.97 Å². The van der Waals surface area contributed by atoms with Gasteiger partial charge in [-0.1, -0.05) is 20.4 Å². The van der Waals surface area contributed by atoms with Gasteiger partial charge in [0.1, 0.15) is 0 Å². The van der Waals surface area contributed by atoms with Crippen LogP contribution >= 0.6 is 0 Å². The number of carbonyl (C=O) groups excluding carboxylic acids is 1. The molecular weight excluding hydrogens is 216 g/mol. The standard InChI is InChI=1S/C14H26O3/c1-6-13(5)17-10-12(4)8-7-9-16-14(15)11(2)3/h12-13H,2,6-10H2,1,3-5H3. The van der Waals surface area contributed by atoms with Crippen molar-refractivity contribution < 1.29 is 14.3 Å². The van der Waals surface area contributed by atoms with E-state index in [9.17, 15) is 4.79 Å². The van der Waals surface area contributed by atoms with E-state index in [0.717, 1.165) is 25.9 Å². The Balaban J connectivity index is 3.48. The average molecular weight is 242 g/mol. The molecule has 17 heavy (non-hydrogen) atoms. The summed E-state index contributed by atoms with van der Waals surface area (Å²) in [5.41, 5.74) is 0.457. The van der Waals surface area contributed by atoms with Crippen molar-refractivity contribution in [3.8, 4) is 0 Å². The van der Waals surface area contributed by atoms with Crippen LogP contribution in [-0.4, -0.2) is 25.3 Å². The zero-order valence-corrected chi connectivity index (χ0v) is 11.6. The molecule has 0 heterocycles. The Morgan fingerprint density at radius 3 is 2.53 bits per heavy atom. The quantitative estimate of drug-likeness (QED) is 0.353. The zero-order valence-electron chi connectivity index (χ0n) is 11.6. The Kier molecular flexibility index (Phi) is 8.78. The van der Waals surface area contributed by atoms with Crippen molar-refractivity contribution in [2.45, 2.75) is 53.1 Å². The Morgan fingerprint density at radius 1 is 1.35 bits per heavy atom. The number of hydrogen-bond acceptors (Lipinski definition) is 3. The second kappa shape index (κ2) is 9.23. The van der Waals surface area contributed by atoms with Gasteiger partial charge in [-0.15, -0.1) is 0 Å². The lowest BCUT2D eigenvalue weighted by Crippen LogP contribution is -2.14. The summed E-state index contributed by atoms with van der Waals surface area (Å²) in [5.74, 6) is 0.209. The summed E-state index contributed by atoms with van der Waals surface area (Å²) in [6.07, 6.45) is 3.27. The summed E-state index contributed by atoms with van der Waals surface area (Å²) in [7, 11) is 0. The van der Waals surface area contributed by atoms with Crippen molar-refractivity contribution >= 4 is 5.97 Å². The maximum Gasteiger partial charge on any atom is 0.333 e. The second-order valence-electron chi connectivity index (χ2n) is 4.72. The molecule has 2 unspecified atom stereocenters. The molecule has 0 spiro atoms. The molecule has 100 valence electrons. The van der Waals surface area contributed by atoms with Gasteiger partial charge in [-0.3, -0.25) is 0 Å². The Morgan fingerprint density at radius 2 is 2.00 bits per heavy atom. The topological polar surface area (TPSA) is 35.5 Å². The fourth-order valence-electron chi connectivity index (χ4n) is 1.25. The van der Waals surface area contributed by atoms with Crippen LogP contribution < -0.4 is 0 Å². The minimum atomic E-state index is -0.298. The Bertz CT molecular complexity index is 236. The molecule has 0 amide bonds. The molecule has 3 nitrogen and oxygen atoms in total. The lowest BCUT2D eigenvalue weighted by atomic mass is 10.1. The minimum Gasteiger partial charge on any atom is -0.462 e. The van der Waals surface area contributed by atoms with Gasteiger partial charge in [0.15, 0.2) is 0 Å². The molecule has 0 aromatic heterocycles. The number of carbonyl (C=O) groups is 1. The average Bonchev–Trinajstić information content (AvgIpc) is 2.30. The van der Waals surface area contributed by atoms with E-state index in [1.54, 1.807) is 6.92 Å². The molecule has 0 radical (unpaired) electrons. The minimum absolute atomic E-state index is 0.298. The van der Waals surface area contributed by atoms with Crippen molar-refractivity contribution in [3.63, 3.8) is 0 Å². The van der Waals surface area contributed by atoms with Crippen molar-refractivity contribution in [2.75, 3.05) is 13.2 Å². The van der Waals surface area contributed by atoms with Crippen molar-refractivity contribution in [3.05, 3.63) is 12.2 Å². The Hall–Kier alpha value is -0.830. The summed E-state index contributed by atoms with van der Waals surface area (Å²) >= 11 is 0. The molecule has 0 aliphatic carbocycles. The highest BCUT2D eigenvalue weighted by Crippen LogP contribution is 2.09. The molecule has 0 bridgehead atoms. The molecule has 2 atom stereocenters. The predicted molar refractivity (Wildman–Crippen MR) is 69.9 cm³/mol. The van der Waals surface area contributed by atoms with Gasteiger partial charge < -0.3 is 9.47 Å². The first kappa shape index (κ1) is 16.2. The van der Waals surface area contributed by atoms with E-state index in [0.29, 0.717) is 24.2 Å². The van der Waals surface area contributed by atoms with E-state index in [1.165, 1.54) is 0 Å². The lowest BCUT2D eigenvalue weighted by molar-refractivity contribution is -0.139. The molecule has 0 aromatic rings. The summed E-state index contributed by atoms with van der Waals surface area (Å²) in [6, 6.07) is 0. The van der Waals surface area contributed by atoms with E-state index < -0.39 is 0 Å². The molecule has 3 heteroatoms. The highest BCUT2D eigenvalue weighted by molar-refractivity contribution is 5.86. The van der Waals surface area contributed by atoms with Gasteiger partial charge in [-0.05, 0) is 39.0 Å². The highest BCUT2D eigenvalue weighted by atomic mass is 16.5. The molecule has 0 N–H and O–H groups in total. The first-order valence-corrected chi connectivity index (χ1v) is 6.41. The monoisotopic (exact) mass is 242 g/mol. The van der Waals surface area contributed by atoms with E-state index in [2.05, 4.69) is 27.4 Å². The molecule has 0 aliphatic rings. The third-order valence-corrected chi connectivity index (χ3v) is 2.66. The molecule has 0 aromatic carbocycles. The van der Waals surface area contributed by atoms with Gasteiger partial charge in [0.25, 0.3) is 0 Å². The second-order valence-corrected chi connectivity index (χ2v) is 4.72. The largest absolute Gasteiger partial charge is 0.462 e. The van der Waals surface area contributed by atoms with Crippen LogP contribution in [0, 0.1) is 5.92 Å². The molecule has 0 saturated heterocycles. The van der Waals surface area contributed by atoms with E-state index in [-0.39, 0.29) is 5.97 Å². The molecule has 0 saturated carbocycles. The van der Waals surface area contributed by atoms with Gasteiger partial charge in [0.05, 0.1) is 12.7 Å². The smallest absolute Gasteiger partial charge is 0.333 e. The SMILES string of the molecule is C=C(C)C(=O)OCCCC(C)COC(C)CC. The fraction of sp³-hybridized carbons (Fsp3) is 0.786. The molecular formula is C14H26O3. The maximum atomic E-state index is 11.1. The number of ether oxygens (including phenoxy) is 2. The van der Waals surface area contributed by atoms with Crippen molar-refractivity contribution in [1.82, 2.24) is 0 Å². The summed E-state index contributed by atoms with van der Waals surface area (Å²) in [6.45, 7) is 12.8. The van der Waals surface area contributed by atoms with E-state index in [1.807, 2.05) is 0 Å². The van der Waals surface area contributed by atoms with Gasteiger partial charge in [0.2, 0.25) is 0 Å². The fourth-order valence-corrected chi connectivity index (χ4v) is 1.25. The van der Waals surface area contributed by atoms with Gasteiger partial charge in [-0.2, -0.15) is 0 Å². The summed E-state index contributed by atoms with van der Waals surface area (Å²) < 4.78 is 10.7. The molecule has 0 rings (SSSR count). The van der Waals surface area contributed by atoms with E-state index >= 15 is 0 Å². The van der Waals surface area contributed by atoms with Crippen LogP contribution in [0.2, 0.25) is 0 Å². The number of rotatable bonds is 9. The summed E-state index contributed by atoms with van der Waals surface area (Å²) in [5, 5.41) is 0. The molecule has 0 fully saturated rings. The van der Waals surface area contributed by atoms with Crippen LogP contribution in [0.3, 0.4) is 0 Å². The van der Waals surface area contributed by atoms with Gasteiger partial charge in [0, 0.05) is 12.2 Å². The predicted octanol–water partition coefficient (Wildman–Crippen LogP) is 3.34. The first-order chi connectivity index (χ1) is 7.97. The molecule has 0 aliphatic heterocycles. The zero-order chi connectivity index (χ0) is 13.3. The van der Waals surface area contributed by atoms with Crippen LogP contribution in [0.5, 0.6) is 0 Å². The third kappa shape index (κ3) is 8.93. The van der Waals surface area contributed by atoms with Crippen LogP contribution in [-0.2, 0) is 14.3 Å². The van der Waals surface area contributed by atoms with Crippen LogP contribution in [0.1, 0.15) is 47.0 Å². The number of hydrogen-bond donors (Lipinski definition) is 0. The third-order valence-electron chi connectivity index (χ3n) is 2.66. The van der Waals surface area contributed by atoms with Crippen LogP contribution in [0.25, 0.3) is 0 Å². The number of esters is 1. The summed E-state index contributed by atoms with van der Waals surface area (Å²) in [4.78, 5) is 11.1. The van der Waals surface area contributed by atoms with Crippen LogP contribution in [0.4, 0.5) is 0 Å². The Labute approximate surface area is 105 Å². The van der Waals surface area contributed by atoms with Crippen molar-refractivity contribution in [2.24, 2.45) is 5.92 Å². The van der Waals surface area contributed by atoms with Crippen molar-refractivity contribution in [1.29, 1.82) is 0 Å². The first-order valence-electron chi connectivity index (χ1n) is 6.41. The lowest BCUT2D eigenvalue weighted by Gasteiger charge is -2.15. The van der Waals surface area contributed by atoms with Crippen LogP contribution in [0.15, 0.2) is 12.2 Å².